The fourth-order valence-electron chi connectivity index (χ4n) is 3.11. The zero-order valence-corrected chi connectivity index (χ0v) is 16.6. The van der Waals surface area contributed by atoms with Gasteiger partial charge in [-0.2, -0.15) is 0 Å². The number of oxime groups is 1. The van der Waals surface area contributed by atoms with Crippen molar-refractivity contribution < 1.29 is 14.3 Å². The van der Waals surface area contributed by atoms with E-state index in [0.717, 1.165) is 41.3 Å². The molecule has 0 spiro atoms. The maximum absolute atomic E-state index is 6.25. The normalized spacial score (nSPS) is 17.5. The first kappa shape index (κ1) is 19.2. The van der Waals surface area contributed by atoms with E-state index in [1.54, 1.807) is 7.11 Å². The van der Waals surface area contributed by atoms with E-state index < -0.39 is 0 Å². The minimum atomic E-state index is -0.0877. The van der Waals surface area contributed by atoms with Crippen LogP contribution in [0.25, 0.3) is 0 Å². The van der Waals surface area contributed by atoms with Crippen LogP contribution in [-0.4, -0.2) is 45.0 Å². The van der Waals surface area contributed by atoms with Crippen LogP contribution in [0.3, 0.4) is 0 Å². The van der Waals surface area contributed by atoms with Gasteiger partial charge in [0.15, 0.2) is 0 Å². The molecule has 0 saturated heterocycles. The molecule has 3 rings (SSSR count). The quantitative estimate of drug-likeness (QED) is 0.543. The smallest absolute Gasteiger partial charge is 0.129 e. The lowest BCUT2D eigenvalue weighted by Gasteiger charge is -2.27. The molecular formula is C22H28N2O3. The van der Waals surface area contributed by atoms with Crippen molar-refractivity contribution in [2.75, 3.05) is 34.4 Å². The molecule has 2 aromatic rings. The van der Waals surface area contributed by atoms with Crippen LogP contribution in [0.1, 0.15) is 35.6 Å². The SMILES string of the molecule is COc1ccc(C2C/C(=N\OCCCN(C)C)c3cc(C)ccc3O2)cc1. The first-order chi connectivity index (χ1) is 13.1. The van der Waals surface area contributed by atoms with Gasteiger partial charge in [-0.25, -0.2) is 0 Å². The number of hydrogen-bond acceptors (Lipinski definition) is 5. The van der Waals surface area contributed by atoms with Crippen molar-refractivity contribution in [2.45, 2.75) is 25.9 Å². The molecule has 0 N–H and O–H groups in total. The van der Waals surface area contributed by atoms with Crippen LogP contribution in [0.5, 0.6) is 11.5 Å². The maximum atomic E-state index is 6.25. The Morgan fingerprint density at radius 1 is 1.15 bits per heavy atom. The fraction of sp³-hybridized carbons (Fsp3) is 0.409. The van der Waals surface area contributed by atoms with Crippen LogP contribution >= 0.6 is 0 Å². The van der Waals surface area contributed by atoms with Gasteiger partial charge in [-0.05, 0) is 57.3 Å². The minimum Gasteiger partial charge on any atom is -0.497 e. The van der Waals surface area contributed by atoms with Crippen LogP contribution in [0.15, 0.2) is 47.6 Å². The Balaban J connectivity index is 1.79. The van der Waals surface area contributed by atoms with Gasteiger partial charge in [0.2, 0.25) is 0 Å². The summed E-state index contributed by atoms with van der Waals surface area (Å²) in [5.74, 6) is 1.69. The Labute approximate surface area is 161 Å². The molecule has 1 unspecified atom stereocenters. The average Bonchev–Trinajstić information content (AvgIpc) is 2.67. The molecule has 0 radical (unpaired) electrons. The van der Waals surface area contributed by atoms with Gasteiger partial charge in [0.05, 0.1) is 12.8 Å². The lowest BCUT2D eigenvalue weighted by molar-refractivity contribution is 0.131. The highest BCUT2D eigenvalue weighted by molar-refractivity contribution is 6.04. The number of ether oxygens (including phenoxy) is 2. The van der Waals surface area contributed by atoms with Gasteiger partial charge in [0.1, 0.15) is 24.2 Å². The van der Waals surface area contributed by atoms with Crippen LogP contribution in [-0.2, 0) is 4.84 Å². The van der Waals surface area contributed by atoms with E-state index in [-0.39, 0.29) is 6.10 Å². The van der Waals surface area contributed by atoms with Crippen molar-refractivity contribution in [3.63, 3.8) is 0 Å². The Morgan fingerprint density at radius 2 is 1.93 bits per heavy atom. The lowest BCUT2D eigenvalue weighted by Crippen LogP contribution is -2.21. The van der Waals surface area contributed by atoms with Gasteiger partial charge in [0, 0.05) is 18.5 Å². The molecule has 2 aromatic carbocycles. The summed E-state index contributed by atoms with van der Waals surface area (Å²) in [4.78, 5) is 7.77. The zero-order valence-electron chi connectivity index (χ0n) is 16.6. The largest absolute Gasteiger partial charge is 0.497 e. The third-order valence-corrected chi connectivity index (χ3v) is 4.60. The zero-order chi connectivity index (χ0) is 19.2. The average molecular weight is 368 g/mol. The summed E-state index contributed by atoms with van der Waals surface area (Å²) >= 11 is 0. The van der Waals surface area contributed by atoms with Gasteiger partial charge in [0.25, 0.3) is 0 Å². The van der Waals surface area contributed by atoms with E-state index in [2.05, 4.69) is 43.2 Å². The summed E-state index contributed by atoms with van der Waals surface area (Å²) in [6.45, 7) is 3.67. The molecule has 1 aliphatic rings. The molecule has 1 aliphatic heterocycles. The summed E-state index contributed by atoms with van der Waals surface area (Å²) in [5, 5.41) is 4.47. The summed E-state index contributed by atoms with van der Waals surface area (Å²) < 4.78 is 11.5. The summed E-state index contributed by atoms with van der Waals surface area (Å²) in [7, 11) is 5.79. The van der Waals surface area contributed by atoms with Crippen LogP contribution in [0.4, 0.5) is 0 Å². The van der Waals surface area contributed by atoms with Gasteiger partial charge >= 0.3 is 0 Å². The predicted octanol–water partition coefficient (Wildman–Crippen LogP) is 4.20. The first-order valence-corrected chi connectivity index (χ1v) is 9.32. The number of hydrogen-bond donors (Lipinski definition) is 0. The van der Waals surface area contributed by atoms with E-state index >= 15 is 0 Å². The second-order valence-electron chi connectivity index (χ2n) is 7.11. The molecule has 27 heavy (non-hydrogen) atoms. The second kappa shape index (κ2) is 8.91. The second-order valence-corrected chi connectivity index (χ2v) is 7.11. The van der Waals surface area contributed by atoms with Crippen molar-refractivity contribution in [2.24, 2.45) is 5.16 Å². The number of benzene rings is 2. The maximum Gasteiger partial charge on any atom is 0.129 e. The summed E-state index contributed by atoms with van der Waals surface area (Å²) in [6, 6.07) is 14.2. The van der Waals surface area contributed by atoms with Crippen LogP contribution < -0.4 is 9.47 Å². The highest BCUT2D eigenvalue weighted by Crippen LogP contribution is 2.36. The number of nitrogens with zero attached hydrogens (tertiary/aromatic N) is 2. The molecule has 5 nitrogen and oxygen atoms in total. The summed E-state index contributed by atoms with van der Waals surface area (Å²) in [6.07, 6.45) is 1.54. The van der Waals surface area contributed by atoms with E-state index in [1.807, 2.05) is 30.3 Å². The monoisotopic (exact) mass is 368 g/mol. The van der Waals surface area contributed by atoms with E-state index in [1.165, 1.54) is 5.56 Å². The topological polar surface area (TPSA) is 43.3 Å². The van der Waals surface area contributed by atoms with Crippen molar-refractivity contribution in [1.82, 2.24) is 4.90 Å². The van der Waals surface area contributed by atoms with Gasteiger partial charge in [-0.3, -0.25) is 0 Å². The number of rotatable bonds is 7. The molecule has 0 aliphatic carbocycles. The Bertz CT molecular complexity index is 785. The van der Waals surface area contributed by atoms with Crippen LogP contribution in [0.2, 0.25) is 0 Å². The van der Waals surface area contributed by atoms with Gasteiger partial charge < -0.3 is 19.2 Å². The molecule has 5 heteroatoms. The van der Waals surface area contributed by atoms with Gasteiger partial charge in [-0.15, -0.1) is 0 Å². The summed E-state index contributed by atoms with van der Waals surface area (Å²) in [5.41, 5.74) is 4.24. The van der Waals surface area contributed by atoms with Gasteiger partial charge in [-0.1, -0.05) is 28.9 Å². The Hall–Kier alpha value is -2.53. The molecule has 0 saturated carbocycles. The third-order valence-electron chi connectivity index (χ3n) is 4.60. The van der Waals surface area contributed by atoms with E-state index in [9.17, 15) is 0 Å². The lowest BCUT2D eigenvalue weighted by atomic mass is 9.94. The molecule has 1 atom stereocenters. The highest BCUT2D eigenvalue weighted by atomic mass is 16.6. The number of methoxy groups -OCH3 is 1. The molecule has 0 bridgehead atoms. The fourth-order valence-corrected chi connectivity index (χ4v) is 3.11. The molecule has 144 valence electrons. The van der Waals surface area contributed by atoms with Crippen molar-refractivity contribution in [3.05, 3.63) is 59.2 Å². The number of fused-ring (bicyclic) bond motifs is 1. The van der Waals surface area contributed by atoms with Crippen molar-refractivity contribution in [3.8, 4) is 11.5 Å². The molecule has 0 amide bonds. The molecule has 1 heterocycles. The van der Waals surface area contributed by atoms with E-state index in [0.29, 0.717) is 13.0 Å². The minimum absolute atomic E-state index is 0.0877. The van der Waals surface area contributed by atoms with Crippen molar-refractivity contribution in [1.29, 1.82) is 0 Å². The predicted molar refractivity (Wildman–Crippen MR) is 108 cm³/mol. The standard InChI is InChI=1S/C22H28N2O3/c1-16-6-11-21-19(14-16)20(23-26-13-5-12-24(2)3)15-22(27-21)17-7-9-18(25-4)10-8-17/h6-11,14,22H,5,12-13,15H2,1-4H3/b23-20+. The first-order valence-electron chi connectivity index (χ1n) is 9.32. The van der Waals surface area contributed by atoms with Crippen LogP contribution in [0, 0.1) is 6.92 Å². The Morgan fingerprint density at radius 3 is 2.63 bits per heavy atom. The Kier molecular flexibility index (Phi) is 6.35. The molecular weight excluding hydrogens is 340 g/mol. The van der Waals surface area contributed by atoms with E-state index in [4.69, 9.17) is 14.3 Å². The highest BCUT2D eigenvalue weighted by Gasteiger charge is 2.27. The molecule has 0 fully saturated rings. The third kappa shape index (κ3) is 5.01. The van der Waals surface area contributed by atoms with Crippen molar-refractivity contribution >= 4 is 5.71 Å². The number of aryl methyl sites for hydroxylation is 1. The molecule has 0 aromatic heterocycles.